The fourth-order valence-corrected chi connectivity index (χ4v) is 3.32. The summed E-state index contributed by atoms with van der Waals surface area (Å²) in [5.41, 5.74) is 2.88. The summed E-state index contributed by atoms with van der Waals surface area (Å²) in [5, 5.41) is 12.0. The number of nitrogens with zero attached hydrogens (tertiary/aromatic N) is 2. The van der Waals surface area contributed by atoms with Gasteiger partial charge in [-0.15, -0.1) is 0 Å². The van der Waals surface area contributed by atoms with Gasteiger partial charge in [-0.2, -0.15) is 0 Å². The van der Waals surface area contributed by atoms with Crippen LogP contribution in [-0.2, 0) is 16.0 Å². The van der Waals surface area contributed by atoms with E-state index in [1.807, 2.05) is 61.5 Å². The van der Waals surface area contributed by atoms with Gasteiger partial charge in [0, 0.05) is 25.1 Å². The molecule has 0 saturated carbocycles. The van der Waals surface area contributed by atoms with Crippen molar-refractivity contribution in [2.75, 3.05) is 6.54 Å². The maximum absolute atomic E-state index is 12.3. The zero-order chi connectivity index (χ0) is 19.9. The van der Waals surface area contributed by atoms with Gasteiger partial charge in [0.05, 0.1) is 17.0 Å². The number of imidazole rings is 1. The third-order valence-electron chi connectivity index (χ3n) is 4.75. The van der Waals surface area contributed by atoms with Crippen molar-refractivity contribution in [1.82, 2.24) is 14.9 Å². The molecule has 146 valence electrons. The number of amides is 1. The highest BCUT2D eigenvalue weighted by molar-refractivity contribution is 5.79. The van der Waals surface area contributed by atoms with Crippen molar-refractivity contribution in [3.8, 4) is 5.69 Å². The topological polar surface area (TPSA) is 84.2 Å². The van der Waals surface area contributed by atoms with E-state index in [0.29, 0.717) is 12.8 Å². The van der Waals surface area contributed by atoms with Crippen LogP contribution in [0.1, 0.15) is 32.0 Å². The highest BCUT2D eigenvalue weighted by atomic mass is 16.4. The van der Waals surface area contributed by atoms with Gasteiger partial charge in [0.1, 0.15) is 5.82 Å². The fraction of sp³-hybridized carbons (Fsp3) is 0.318. The summed E-state index contributed by atoms with van der Waals surface area (Å²) in [6.07, 6.45) is 2.06. The maximum Gasteiger partial charge on any atom is 0.308 e. The molecule has 1 unspecified atom stereocenters. The molecule has 2 N–H and O–H groups in total. The molecule has 0 saturated heterocycles. The van der Waals surface area contributed by atoms with Crippen LogP contribution in [0.15, 0.2) is 54.6 Å². The number of hydrogen-bond donors (Lipinski definition) is 2. The zero-order valence-electron chi connectivity index (χ0n) is 16.0. The van der Waals surface area contributed by atoms with Gasteiger partial charge in [0.25, 0.3) is 0 Å². The van der Waals surface area contributed by atoms with Crippen LogP contribution >= 0.6 is 0 Å². The van der Waals surface area contributed by atoms with Gasteiger partial charge in [-0.05, 0) is 30.7 Å². The molecule has 3 rings (SSSR count). The molecule has 6 nitrogen and oxygen atoms in total. The molecule has 2 aromatic carbocycles. The molecule has 28 heavy (non-hydrogen) atoms. The molecule has 0 bridgehead atoms. The molecule has 0 spiro atoms. The van der Waals surface area contributed by atoms with E-state index in [1.54, 1.807) is 0 Å². The van der Waals surface area contributed by atoms with E-state index >= 15 is 0 Å². The van der Waals surface area contributed by atoms with Gasteiger partial charge in [-0.25, -0.2) is 4.98 Å². The molecule has 0 aliphatic rings. The maximum atomic E-state index is 12.3. The van der Waals surface area contributed by atoms with Gasteiger partial charge in [0.2, 0.25) is 5.91 Å². The number of carbonyl (C=O) groups is 2. The first-order valence-corrected chi connectivity index (χ1v) is 9.61. The Morgan fingerprint density at radius 2 is 1.82 bits per heavy atom. The lowest BCUT2D eigenvalue weighted by molar-refractivity contribution is -0.141. The molecule has 1 aromatic heterocycles. The van der Waals surface area contributed by atoms with E-state index in [4.69, 9.17) is 4.98 Å². The van der Waals surface area contributed by atoms with Crippen molar-refractivity contribution in [2.24, 2.45) is 5.92 Å². The van der Waals surface area contributed by atoms with Crippen LogP contribution in [-0.4, -0.2) is 33.1 Å². The van der Waals surface area contributed by atoms with E-state index < -0.39 is 11.9 Å². The summed E-state index contributed by atoms with van der Waals surface area (Å²) in [4.78, 5) is 28.2. The van der Waals surface area contributed by atoms with Crippen molar-refractivity contribution in [1.29, 1.82) is 0 Å². The molecular formula is C22H25N3O3. The lowest BCUT2D eigenvalue weighted by Crippen LogP contribution is -2.33. The summed E-state index contributed by atoms with van der Waals surface area (Å²) >= 11 is 0. The molecule has 1 heterocycles. The van der Waals surface area contributed by atoms with E-state index in [-0.39, 0.29) is 18.9 Å². The Hall–Kier alpha value is -3.15. The number of aryl methyl sites for hydroxylation is 1. The lowest BCUT2D eigenvalue weighted by atomic mass is 10.0. The highest BCUT2D eigenvalue weighted by Crippen LogP contribution is 2.22. The predicted molar refractivity (Wildman–Crippen MR) is 108 cm³/mol. The summed E-state index contributed by atoms with van der Waals surface area (Å²) in [6, 6.07) is 17.8. The first-order valence-electron chi connectivity index (χ1n) is 9.61. The normalized spacial score (nSPS) is 12.0. The number of rotatable bonds is 9. The minimum atomic E-state index is -0.868. The lowest BCUT2D eigenvalue weighted by Gasteiger charge is -2.13. The van der Waals surface area contributed by atoms with Crippen LogP contribution in [0.3, 0.4) is 0 Å². The second-order valence-electron chi connectivity index (χ2n) is 6.82. The Labute approximate surface area is 164 Å². The monoisotopic (exact) mass is 379 g/mol. The first kappa shape index (κ1) is 19.6. The number of carbonyl (C=O) groups excluding carboxylic acids is 1. The second-order valence-corrected chi connectivity index (χ2v) is 6.82. The van der Waals surface area contributed by atoms with E-state index in [9.17, 15) is 14.7 Å². The van der Waals surface area contributed by atoms with Crippen LogP contribution in [0.5, 0.6) is 0 Å². The fourth-order valence-electron chi connectivity index (χ4n) is 3.32. The third kappa shape index (κ3) is 4.57. The Bertz CT molecular complexity index is 950. The van der Waals surface area contributed by atoms with E-state index in [1.165, 1.54) is 0 Å². The SMILES string of the molecule is CCCC(CNC(=O)CCc1nc2ccccc2n1-c1ccccc1)C(=O)O. The number of aromatic nitrogens is 2. The number of carboxylic acids is 1. The minimum Gasteiger partial charge on any atom is -0.481 e. The second kappa shape index (κ2) is 9.17. The number of para-hydroxylation sites is 3. The zero-order valence-corrected chi connectivity index (χ0v) is 16.0. The van der Waals surface area contributed by atoms with E-state index in [2.05, 4.69) is 9.88 Å². The van der Waals surface area contributed by atoms with Gasteiger partial charge in [0.15, 0.2) is 0 Å². The summed E-state index contributed by atoms with van der Waals surface area (Å²) in [5.74, 6) is -0.754. The predicted octanol–water partition coefficient (Wildman–Crippen LogP) is 3.58. The number of fused-ring (bicyclic) bond motifs is 1. The number of nitrogens with one attached hydrogen (secondary N) is 1. The standard InChI is InChI=1S/C22H25N3O3/c1-2-8-16(22(27)28)15-23-21(26)14-13-20-24-18-11-6-7-12-19(18)25(20)17-9-4-3-5-10-17/h3-7,9-12,16H,2,8,13-15H2,1H3,(H,23,26)(H,27,28). The van der Waals surface area contributed by atoms with Gasteiger partial charge < -0.3 is 10.4 Å². The molecular weight excluding hydrogens is 354 g/mol. The molecule has 0 fully saturated rings. The van der Waals surface area contributed by atoms with Crippen LogP contribution < -0.4 is 5.32 Å². The van der Waals surface area contributed by atoms with Crippen molar-refractivity contribution in [2.45, 2.75) is 32.6 Å². The summed E-state index contributed by atoms with van der Waals surface area (Å²) < 4.78 is 2.07. The quantitative estimate of drug-likeness (QED) is 0.595. The van der Waals surface area contributed by atoms with Crippen LogP contribution in [0.4, 0.5) is 0 Å². The van der Waals surface area contributed by atoms with Crippen molar-refractivity contribution in [3.63, 3.8) is 0 Å². The molecule has 1 amide bonds. The van der Waals surface area contributed by atoms with E-state index in [0.717, 1.165) is 29.0 Å². The Balaban J connectivity index is 1.72. The third-order valence-corrected chi connectivity index (χ3v) is 4.75. The molecule has 6 heteroatoms. The Kier molecular flexibility index (Phi) is 6.42. The Morgan fingerprint density at radius 1 is 1.11 bits per heavy atom. The molecule has 3 aromatic rings. The largest absolute Gasteiger partial charge is 0.481 e. The van der Waals surface area contributed by atoms with Crippen molar-refractivity contribution in [3.05, 3.63) is 60.4 Å². The van der Waals surface area contributed by atoms with Crippen LogP contribution in [0, 0.1) is 5.92 Å². The van der Waals surface area contributed by atoms with Crippen LogP contribution in [0.2, 0.25) is 0 Å². The van der Waals surface area contributed by atoms with Crippen molar-refractivity contribution >= 4 is 22.9 Å². The summed E-state index contributed by atoms with van der Waals surface area (Å²) in [7, 11) is 0. The van der Waals surface area contributed by atoms with Crippen LogP contribution in [0.25, 0.3) is 16.7 Å². The molecule has 1 atom stereocenters. The summed E-state index contributed by atoms with van der Waals surface area (Å²) in [6.45, 7) is 2.10. The van der Waals surface area contributed by atoms with Gasteiger partial charge in [-0.3, -0.25) is 14.2 Å². The number of carboxylic acid groups (broad SMARTS) is 1. The highest BCUT2D eigenvalue weighted by Gasteiger charge is 2.18. The first-order chi connectivity index (χ1) is 13.6. The number of benzene rings is 2. The smallest absolute Gasteiger partial charge is 0.308 e. The molecule has 0 aliphatic carbocycles. The number of hydrogen-bond acceptors (Lipinski definition) is 3. The average Bonchev–Trinajstić information content (AvgIpc) is 3.08. The average molecular weight is 379 g/mol. The minimum absolute atomic E-state index is 0.158. The van der Waals surface area contributed by atoms with Gasteiger partial charge in [-0.1, -0.05) is 43.7 Å². The Morgan fingerprint density at radius 3 is 2.54 bits per heavy atom. The van der Waals surface area contributed by atoms with Gasteiger partial charge >= 0.3 is 5.97 Å². The molecule has 0 aliphatic heterocycles. The number of aliphatic carboxylic acids is 1. The molecule has 0 radical (unpaired) electrons. The van der Waals surface area contributed by atoms with Crippen molar-refractivity contribution < 1.29 is 14.7 Å².